The minimum Gasteiger partial charge on any atom is -0.487 e. The maximum Gasteiger partial charge on any atom is 0.131 e. The van der Waals surface area contributed by atoms with Gasteiger partial charge in [-0.15, -0.1) is 11.3 Å². The zero-order valence-corrected chi connectivity index (χ0v) is 14.1. The summed E-state index contributed by atoms with van der Waals surface area (Å²) in [5, 5.41) is 6.70. The Bertz CT molecular complexity index is 578. The molecule has 0 atom stereocenters. The molecule has 0 unspecified atom stereocenters. The number of ether oxygens (including phenoxy) is 1. The molecule has 1 N–H and O–H groups in total. The molecule has 0 saturated heterocycles. The summed E-state index contributed by atoms with van der Waals surface area (Å²) in [4.78, 5) is 4.56. The number of aromatic nitrogens is 1. The molecule has 0 spiro atoms. The molecule has 2 rings (SSSR count). The van der Waals surface area contributed by atoms with E-state index in [0.29, 0.717) is 12.6 Å². The van der Waals surface area contributed by atoms with Crippen LogP contribution in [0.1, 0.15) is 42.6 Å². The van der Waals surface area contributed by atoms with Crippen molar-refractivity contribution >= 4 is 11.3 Å². The summed E-state index contributed by atoms with van der Waals surface area (Å²) in [7, 11) is 0. The van der Waals surface area contributed by atoms with Crippen molar-refractivity contribution < 1.29 is 4.74 Å². The largest absolute Gasteiger partial charge is 0.487 e. The number of aryl methyl sites for hydroxylation is 2. The maximum atomic E-state index is 6.05. The van der Waals surface area contributed by atoms with Gasteiger partial charge in [0.1, 0.15) is 12.4 Å². The van der Waals surface area contributed by atoms with Gasteiger partial charge in [-0.05, 0) is 18.9 Å². The van der Waals surface area contributed by atoms with Gasteiger partial charge < -0.3 is 10.1 Å². The van der Waals surface area contributed by atoms with Crippen molar-refractivity contribution in [3.63, 3.8) is 0 Å². The second-order valence-corrected chi connectivity index (χ2v) is 6.42. The predicted molar refractivity (Wildman–Crippen MR) is 89.0 cm³/mol. The Morgan fingerprint density at radius 3 is 2.81 bits per heavy atom. The van der Waals surface area contributed by atoms with Gasteiger partial charge in [0.15, 0.2) is 0 Å². The van der Waals surface area contributed by atoms with Gasteiger partial charge in [-0.1, -0.05) is 39.0 Å². The fourth-order valence-corrected chi connectivity index (χ4v) is 2.83. The van der Waals surface area contributed by atoms with Gasteiger partial charge in [0.05, 0.1) is 10.7 Å². The van der Waals surface area contributed by atoms with Crippen LogP contribution in [0.4, 0.5) is 0 Å². The molecule has 0 radical (unpaired) electrons. The molecular formula is C17H24N2OS. The Balaban J connectivity index is 2.07. The van der Waals surface area contributed by atoms with Crippen molar-refractivity contribution in [3.05, 3.63) is 45.4 Å². The lowest BCUT2D eigenvalue weighted by molar-refractivity contribution is 0.295. The number of rotatable bonds is 7. The molecule has 0 aliphatic rings. The maximum absolute atomic E-state index is 6.05. The van der Waals surface area contributed by atoms with Crippen LogP contribution in [-0.2, 0) is 19.6 Å². The fourth-order valence-electron chi connectivity index (χ4n) is 2.10. The highest BCUT2D eigenvalue weighted by molar-refractivity contribution is 7.09. The van der Waals surface area contributed by atoms with Crippen LogP contribution in [0.15, 0.2) is 23.6 Å². The normalized spacial score (nSPS) is 11.1. The highest BCUT2D eigenvalue weighted by Gasteiger charge is 2.09. The molecule has 3 nitrogen and oxygen atoms in total. The van der Waals surface area contributed by atoms with Gasteiger partial charge in [-0.25, -0.2) is 4.98 Å². The van der Waals surface area contributed by atoms with Gasteiger partial charge in [-0.2, -0.15) is 0 Å². The third-order valence-corrected chi connectivity index (χ3v) is 4.30. The zero-order chi connectivity index (χ0) is 15.2. The zero-order valence-electron chi connectivity index (χ0n) is 13.3. The standard InChI is InChI=1S/C17H24N2OS/c1-5-16-19-15(11-21-16)10-20-17-13(4)7-6-8-14(17)9-18-12(2)3/h6-8,11-12,18H,5,9-10H2,1-4H3. The van der Waals surface area contributed by atoms with Crippen molar-refractivity contribution in [1.29, 1.82) is 0 Å². The number of nitrogens with one attached hydrogen (secondary N) is 1. The molecule has 0 amide bonds. The summed E-state index contributed by atoms with van der Waals surface area (Å²) in [5.41, 5.74) is 3.39. The number of hydrogen-bond donors (Lipinski definition) is 1. The van der Waals surface area contributed by atoms with E-state index in [-0.39, 0.29) is 0 Å². The van der Waals surface area contributed by atoms with E-state index in [2.05, 4.69) is 61.6 Å². The number of nitrogens with zero attached hydrogens (tertiary/aromatic N) is 1. The lowest BCUT2D eigenvalue weighted by Crippen LogP contribution is -2.22. The molecule has 4 heteroatoms. The van der Waals surface area contributed by atoms with Crippen molar-refractivity contribution in [2.75, 3.05) is 0 Å². The summed E-state index contributed by atoms with van der Waals surface area (Å²) in [6.45, 7) is 9.88. The van der Waals surface area contributed by atoms with Gasteiger partial charge in [0.2, 0.25) is 0 Å². The van der Waals surface area contributed by atoms with E-state index in [9.17, 15) is 0 Å². The van der Waals surface area contributed by atoms with Crippen molar-refractivity contribution in [2.24, 2.45) is 0 Å². The number of hydrogen-bond acceptors (Lipinski definition) is 4. The lowest BCUT2D eigenvalue weighted by atomic mass is 10.1. The van der Waals surface area contributed by atoms with Gasteiger partial charge >= 0.3 is 0 Å². The monoisotopic (exact) mass is 304 g/mol. The van der Waals surface area contributed by atoms with Crippen molar-refractivity contribution in [3.8, 4) is 5.75 Å². The first-order valence-electron chi connectivity index (χ1n) is 7.48. The second kappa shape index (κ2) is 7.57. The molecule has 0 fully saturated rings. The van der Waals surface area contributed by atoms with E-state index < -0.39 is 0 Å². The molecule has 1 aromatic heterocycles. The lowest BCUT2D eigenvalue weighted by Gasteiger charge is -2.15. The van der Waals surface area contributed by atoms with Crippen LogP contribution in [0.3, 0.4) is 0 Å². The quantitative estimate of drug-likeness (QED) is 0.836. The van der Waals surface area contributed by atoms with E-state index in [0.717, 1.165) is 24.4 Å². The number of thiazole rings is 1. The fraction of sp³-hybridized carbons (Fsp3) is 0.471. The van der Waals surface area contributed by atoms with Crippen LogP contribution in [0, 0.1) is 6.92 Å². The predicted octanol–water partition coefficient (Wildman–Crippen LogP) is 4.09. The third-order valence-electron chi connectivity index (χ3n) is 3.26. The molecule has 0 bridgehead atoms. The first-order chi connectivity index (χ1) is 10.1. The Morgan fingerprint density at radius 2 is 2.14 bits per heavy atom. The summed E-state index contributed by atoms with van der Waals surface area (Å²) in [6, 6.07) is 6.75. The molecule has 21 heavy (non-hydrogen) atoms. The van der Waals surface area contributed by atoms with E-state index in [1.807, 2.05) is 0 Å². The molecule has 2 aromatic rings. The first kappa shape index (κ1) is 16.0. The molecule has 114 valence electrons. The summed E-state index contributed by atoms with van der Waals surface area (Å²) >= 11 is 1.70. The highest BCUT2D eigenvalue weighted by Crippen LogP contribution is 2.25. The van der Waals surface area contributed by atoms with Crippen LogP contribution in [0.5, 0.6) is 5.75 Å². The van der Waals surface area contributed by atoms with Gasteiger partial charge in [0, 0.05) is 23.5 Å². The van der Waals surface area contributed by atoms with Crippen LogP contribution < -0.4 is 10.1 Å². The summed E-state index contributed by atoms with van der Waals surface area (Å²) in [6.07, 6.45) is 0.985. The van der Waals surface area contributed by atoms with Crippen LogP contribution in [0.2, 0.25) is 0 Å². The number of benzene rings is 1. The van der Waals surface area contributed by atoms with E-state index >= 15 is 0 Å². The average Bonchev–Trinajstić information content (AvgIpc) is 2.92. The Labute approximate surface area is 131 Å². The SMILES string of the molecule is CCc1nc(COc2c(C)cccc2CNC(C)C)cs1. The minimum atomic E-state index is 0.462. The van der Waals surface area contributed by atoms with E-state index in [4.69, 9.17) is 4.74 Å². The van der Waals surface area contributed by atoms with Crippen molar-refractivity contribution in [1.82, 2.24) is 10.3 Å². The second-order valence-electron chi connectivity index (χ2n) is 5.47. The molecule has 1 aromatic carbocycles. The Hall–Kier alpha value is -1.39. The van der Waals surface area contributed by atoms with E-state index in [1.54, 1.807) is 11.3 Å². The molecule has 0 saturated carbocycles. The van der Waals surface area contributed by atoms with Crippen LogP contribution >= 0.6 is 11.3 Å². The topological polar surface area (TPSA) is 34.1 Å². The molecular weight excluding hydrogens is 280 g/mol. The first-order valence-corrected chi connectivity index (χ1v) is 8.36. The van der Waals surface area contributed by atoms with Gasteiger partial charge in [0.25, 0.3) is 0 Å². The highest BCUT2D eigenvalue weighted by atomic mass is 32.1. The minimum absolute atomic E-state index is 0.462. The molecule has 0 aliphatic carbocycles. The molecule has 0 aliphatic heterocycles. The summed E-state index contributed by atoms with van der Waals surface area (Å²) < 4.78 is 6.05. The van der Waals surface area contributed by atoms with Crippen LogP contribution in [0.25, 0.3) is 0 Å². The third kappa shape index (κ3) is 4.55. The summed E-state index contributed by atoms with van der Waals surface area (Å²) in [5.74, 6) is 0.983. The van der Waals surface area contributed by atoms with Crippen molar-refractivity contribution in [2.45, 2.75) is 53.3 Å². The Kier molecular flexibility index (Phi) is 5.76. The molecule has 1 heterocycles. The van der Waals surface area contributed by atoms with E-state index in [1.165, 1.54) is 16.1 Å². The Morgan fingerprint density at radius 1 is 1.33 bits per heavy atom. The average molecular weight is 304 g/mol. The smallest absolute Gasteiger partial charge is 0.131 e. The number of para-hydroxylation sites is 1. The van der Waals surface area contributed by atoms with Crippen LogP contribution in [-0.4, -0.2) is 11.0 Å². The van der Waals surface area contributed by atoms with Gasteiger partial charge in [-0.3, -0.25) is 0 Å².